The minimum absolute atomic E-state index is 0.0908. The van der Waals surface area contributed by atoms with Gasteiger partial charge >= 0.3 is 0 Å². The Morgan fingerprint density at radius 2 is 1.93 bits per heavy atom. The average Bonchev–Trinajstić information content (AvgIpc) is 3.18. The summed E-state index contributed by atoms with van der Waals surface area (Å²) in [6.45, 7) is 3.69. The lowest BCUT2D eigenvalue weighted by molar-refractivity contribution is -0.914. The lowest BCUT2D eigenvalue weighted by Crippen LogP contribution is -3.16. The van der Waals surface area contributed by atoms with Gasteiger partial charge in [-0.05, 0) is 36.3 Å². The molecule has 2 heterocycles. The highest BCUT2D eigenvalue weighted by molar-refractivity contribution is 5.82. The number of para-hydroxylation sites is 2. The van der Waals surface area contributed by atoms with Crippen molar-refractivity contribution in [2.45, 2.75) is 19.4 Å². The zero-order chi connectivity index (χ0) is 19.5. The van der Waals surface area contributed by atoms with Crippen molar-refractivity contribution in [1.82, 2.24) is 9.97 Å². The molecule has 2 aromatic carbocycles. The summed E-state index contributed by atoms with van der Waals surface area (Å²) in [7, 11) is 0. The molecule has 5 nitrogen and oxygen atoms in total. The largest absolute Gasteiger partial charge is 0.505 e. The minimum Gasteiger partial charge on any atom is -0.505 e. The normalized spacial score (nSPS) is 18.9. The second-order valence-corrected chi connectivity index (χ2v) is 7.15. The molecule has 1 aromatic heterocycles. The zero-order valence-corrected chi connectivity index (χ0v) is 15.8. The van der Waals surface area contributed by atoms with Gasteiger partial charge in [0.25, 0.3) is 0 Å². The van der Waals surface area contributed by atoms with Gasteiger partial charge in [0.05, 0.1) is 24.1 Å². The molecule has 2 atom stereocenters. The molecule has 5 heteroatoms. The summed E-state index contributed by atoms with van der Waals surface area (Å²) in [5.41, 5.74) is 4.46. The molecule has 4 rings (SSSR count). The van der Waals surface area contributed by atoms with E-state index in [2.05, 4.69) is 46.4 Å². The smallest absolute Gasteiger partial charge is 0.172 e. The van der Waals surface area contributed by atoms with Gasteiger partial charge in [-0.15, -0.1) is 0 Å². The molecule has 0 spiro atoms. The van der Waals surface area contributed by atoms with E-state index in [1.54, 1.807) is 0 Å². The third-order valence-electron chi connectivity index (χ3n) is 5.49. The molecule has 28 heavy (non-hydrogen) atoms. The van der Waals surface area contributed by atoms with E-state index < -0.39 is 0 Å². The van der Waals surface area contributed by atoms with Crippen LogP contribution >= 0.6 is 0 Å². The Kier molecular flexibility index (Phi) is 4.96. The van der Waals surface area contributed by atoms with Gasteiger partial charge in [-0.1, -0.05) is 42.5 Å². The summed E-state index contributed by atoms with van der Waals surface area (Å²) in [5.74, 6) is 0.512. The molecular formula is C23H23N4O+. The number of allylic oxidation sites excluding steroid dienone is 1. The highest BCUT2D eigenvalue weighted by atomic mass is 16.3. The fourth-order valence-corrected chi connectivity index (χ4v) is 3.77. The second-order valence-electron chi connectivity index (χ2n) is 7.15. The fraction of sp³-hybridized carbons (Fsp3) is 0.217. The van der Waals surface area contributed by atoms with Crippen LogP contribution in [0.25, 0.3) is 22.2 Å². The molecular weight excluding hydrogens is 348 g/mol. The number of nitrogens with one attached hydrogen (secondary N) is 2. The van der Waals surface area contributed by atoms with Crippen molar-refractivity contribution in [2.24, 2.45) is 0 Å². The van der Waals surface area contributed by atoms with Crippen LogP contribution in [0.3, 0.4) is 0 Å². The Morgan fingerprint density at radius 1 is 1.18 bits per heavy atom. The van der Waals surface area contributed by atoms with E-state index in [-0.39, 0.29) is 17.4 Å². The first-order chi connectivity index (χ1) is 13.7. The Hall–Kier alpha value is -3.36. The number of benzene rings is 2. The number of hydrogen-bond donors (Lipinski definition) is 3. The van der Waals surface area contributed by atoms with Crippen molar-refractivity contribution < 1.29 is 10.0 Å². The van der Waals surface area contributed by atoms with Gasteiger partial charge in [0.15, 0.2) is 11.6 Å². The highest BCUT2D eigenvalue weighted by Gasteiger charge is 2.28. The molecule has 0 radical (unpaired) electrons. The number of H-pyrrole nitrogens is 1. The Labute approximate surface area is 164 Å². The molecule has 140 valence electrons. The third-order valence-corrected chi connectivity index (χ3v) is 5.49. The summed E-state index contributed by atoms with van der Waals surface area (Å²) in [6.07, 6.45) is 3.19. The Balaban J connectivity index is 1.57. The molecule has 0 amide bonds. The Morgan fingerprint density at radius 3 is 2.61 bits per heavy atom. The van der Waals surface area contributed by atoms with Crippen LogP contribution in [-0.4, -0.2) is 34.2 Å². The van der Waals surface area contributed by atoms with Crippen molar-refractivity contribution in [3.05, 3.63) is 77.8 Å². The predicted octanol–water partition coefficient (Wildman–Crippen LogP) is 3.12. The molecule has 3 aromatic rings. The van der Waals surface area contributed by atoms with Gasteiger partial charge in [-0.25, -0.2) is 4.98 Å². The second kappa shape index (κ2) is 7.71. The average molecular weight is 371 g/mol. The summed E-state index contributed by atoms with van der Waals surface area (Å²) in [6, 6.07) is 20.0. The van der Waals surface area contributed by atoms with Crippen LogP contribution < -0.4 is 4.90 Å². The number of nitriles is 1. The van der Waals surface area contributed by atoms with E-state index >= 15 is 0 Å². The number of aliphatic hydroxyl groups is 1. The van der Waals surface area contributed by atoms with E-state index in [4.69, 9.17) is 0 Å². The van der Waals surface area contributed by atoms with Gasteiger partial charge in [0.1, 0.15) is 17.7 Å². The van der Waals surface area contributed by atoms with Crippen molar-refractivity contribution in [2.75, 3.05) is 13.1 Å². The van der Waals surface area contributed by atoms with Crippen LogP contribution in [-0.2, 0) is 0 Å². The molecule has 0 fully saturated rings. The topological polar surface area (TPSA) is 77.1 Å². The molecule has 1 unspecified atom stereocenters. The van der Waals surface area contributed by atoms with Crippen LogP contribution in [0, 0.1) is 11.3 Å². The number of rotatable bonds is 4. The van der Waals surface area contributed by atoms with Gasteiger partial charge in [0.2, 0.25) is 0 Å². The maximum absolute atomic E-state index is 10.8. The lowest BCUT2D eigenvalue weighted by atomic mass is 9.98. The van der Waals surface area contributed by atoms with Gasteiger partial charge in [0, 0.05) is 6.42 Å². The van der Waals surface area contributed by atoms with Gasteiger partial charge < -0.3 is 15.0 Å². The molecule has 0 aliphatic carbocycles. The van der Waals surface area contributed by atoms with Crippen molar-refractivity contribution in [1.29, 1.82) is 5.26 Å². The highest BCUT2D eigenvalue weighted by Crippen LogP contribution is 2.21. The van der Waals surface area contributed by atoms with Crippen LogP contribution in [0.4, 0.5) is 0 Å². The number of fused-ring (bicyclic) bond motifs is 1. The zero-order valence-electron chi connectivity index (χ0n) is 15.8. The van der Waals surface area contributed by atoms with Crippen LogP contribution in [0.5, 0.6) is 0 Å². The monoisotopic (exact) mass is 371 g/mol. The van der Waals surface area contributed by atoms with Crippen molar-refractivity contribution >= 4 is 22.2 Å². The molecule has 0 bridgehead atoms. The molecule has 0 saturated carbocycles. The molecule has 1 aliphatic rings. The number of imidazole rings is 1. The van der Waals surface area contributed by atoms with Crippen molar-refractivity contribution in [3.63, 3.8) is 0 Å². The first-order valence-corrected chi connectivity index (χ1v) is 9.54. The SMILES string of the molecule is C[C@@H](/C(O)=C(\C#N)c1nc2ccccc2[nH]1)[NH+]1CC=C(c2ccccc2)CC1. The minimum atomic E-state index is -0.184. The summed E-state index contributed by atoms with van der Waals surface area (Å²) in [4.78, 5) is 8.85. The van der Waals surface area contributed by atoms with E-state index in [0.29, 0.717) is 5.82 Å². The van der Waals surface area contributed by atoms with Crippen LogP contribution in [0.15, 0.2) is 66.4 Å². The van der Waals surface area contributed by atoms with Crippen LogP contribution in [0.1, 0.15) is 24.7 Å². The number of aliphatic hydroxyl groups excluding tert-OH is 1. The maximum atomic E-state index is 10.8. The summed E-state index contributed by atoms with van der Waals surface area (Å²) >= 11 is 0. The first kappa shape index (κ1) is 18.0. The number of hydrogen-bond acceptors (Lipinski definition) is 3. The first-order valence-electron chi connectivity index (χ1n) is 9.54. The standard InChI is InChI=1S/C23H22N4O/c1-16(27-13-11-18(12-14-27)17-7-3-2-4-8-17)22(28)19(15-24)23-25-20-9-5-6-10-21(20)26-23/h2-11,16,28H,12-14H2,1H3,(H,25,26)/p+1/b22-19-/t16-/m0/s1. The van der Waals surface area contributed by atoms with E-state index in [0.717, 1.165) is 30.5 Å². The maximum Gasteiger partial charge on any atom is 0.172 e. The predicted molar refractivity (Wildman–Crippen MR) is 110 cm³/mol. The number of aromatic amines is 1. The lowest BCUT2D eigenvalue weighted by Gasteiger charge is -2.29. The molecule has 0 saturated heterocycles. The summed E-state index contributed by atoms with van der Waals surface area (Å²) in [5, 5.41) is 20.5. The van der Waals surface area contributed by atoms with Crippen LogP contribution in [0.2, 0.25) is 0 Å². The van der Waals surface area contributed by atoms with Crippen molar-refractivity contribution in [3.8, 4) is 6.07 Å². The number of nitrogens with zero attached hydrogens (tertiary/aromatic N) is 2. The quantitative estimate of drug-likeness (QED) is 0.487. The van der Waals surface area contributed by atoms with E-state index in [1.165, 1.54) is 16.0 Å². The molecule has 3 N–H and O–H groups in total. The van der Waals surface area contributed by atoms with E-state index in [9.17, 15) is 10.4 Å². The summed E-state index contributed by atoms with van der Waals surface area (Å²) < 4.78 is 0. The molecule has 1 aliphatic heterocycles. The van der Waals surface area contributed by atoms with E-state index in [1.807, 2.05) is 37.3 Å². The van der Waals surface area contributed by atoms with Gasteiger partial charge in [-0.3, -0.25) is 0 Å². The Bertz CT molecular complexity index is 1060. The fourth-order valence-electron chi connectivity index (χ4n) is 3.77. The number of aromatic nitrogens is 2. The number of quaternary nitrogens is 1. The third kappa shape index (κ3) is 3.42. The van der Waals surface area contributed by atoms with Gasteiger partial charge in [-0.2, -0.15) is 5.26 Å².